The number of aryl methyl sites for hydroxylation is 1. The molecule has 0 spiro atoms. The summed E-state index contributed by atoms with van der Waals surface area (Å²) in [6, 6.07) is 8.79. The van der Waals surface area contributed by atoms with Crippen LogP contribution >= 0.6 is 0 Å². The zero-order chi connectivity index (χ0) is 9.26. The SMILES string of the molecule is CC(N)=NC1CCc2ccccc21. The smallest absolute Gasteiger partial charge is 0.0913 e. The lowest BCUT2D eigenvalue weighted by Crippen LogP contribution is -2.07. The van der Waals surface area contributed by atoms with Crippen molar-refractivity contribution in [3.05, 3.63) is 35.4 Å². The topological polar surface area (TPSA) is 38.4 Å². The van der Waals surface area contributed by atoms with Crippen LogP contribution in [0.2, 0.25) is 0 Å². The summed E-state index contributed by atoms with van der Waals surface area (Å²) < 4.78 is 0. The highest BCUT2D eigenvalue weighted by molar-refractivity contribution is 5.77. The van der Waals surface area contributed by atoms with E-state index in [1.54, 1.807) is 0 Å². The van der Waals surface area contributed by atoms with Crippen LogP contribution in [-0.4, -0.2) is 5.84 Å². The zero-order valence-electron chi connectivity index (χ0n) is 7.83. The Morgan fingerprint density at radius 3 is 3.00 bits per heavy atom. The third-order valence-electron chi connectivity index (χ3n) is 2.46. The number of aliphatic imine (C=N–C) groups is 1. The number of amidine groups is 1. The number of benzene rings is 1. The molecule has 0 heterocycles. The van der Waals surface area contributed by atoms with Crippen LogP contribution in [0.5, 0.6) is 0 Å². The minimum Gasteiger partial charge on any atom is -0.388 e. The fourth-order valence-corrected chi connectivity index (χ4v) is 1.91. The molecule has 0 radical (unpaired) electrons. The van der Waals surface area contributed by atoms with Gasteiger partial charge in [0, 0.05) is 0 Å². The van der Waals surface area contributed by atoms with E-state index in [9.17, 15) is 0 Å². The fraction of sp³-hybridized carbons (Fsp3) is 0.364. The molecule has 1 aliphatic carbocycles. The molecule has 68 valence electrons. The quantitative estimate of drug-likeness (QED) is 0.513. The van der Waals surface area contributed by atoms with Gasteiger partial charge in [0.1, 0.15) is 0 Å². The molecular formula is C11H14N2. The third-order valence-corrected chi connectivity index (χ3v) is 2.46. The first kappa shape index (κ1) is 8.30. The number of nitrogens with two attached hydrogens (primary N) is 1. The van der Waals surface area contributed by atoms with E-state index >= 15 is 0 Å². The lowest BCUT2D eigenvalue weighted by molar-refractivity contribution is 0.714. The van der Waals surface area contributed by atoms with Crippen molar-refractivity contribution in [1.29, 1.82) is 0 Å². The molecule has 0 amide bonds. The third kappa shape index (κ3) is 1.57. The molecule has 1 aliphatic rings. The van der Waals surface area contributed by atoms with Crippen LogP contribution < -0.4 is 5.73 Å². The molecule has 2 N–H and O–H groups in total. The largest absolute Gasteiger partial charge is 0.388 e. The molecule has 0 saturated carbocycles. The number of rotatable bonds is 1. The van der Waals surface area contributed by atoms with Crippen LogP contribution in [0.3, 0.4) is 0 Å². The van der Waals surface area contributed by atoms with Gasteiger partial charge in [-0.05, 0) is 30.9 Å². The van der Waals surface area contributed by atoms with Crippen LogP contribution in [0.4, 0.5) is 0 Å². The second kappa shape index (κ2) is 3.21. The van der Waals surface area contributed by atoms with Crippen LogP contribution in [0.25, 0.3) is 0 Å². The van der Waals surface area contributed by atoms with E-state index < -0.39 is 0 Å². The number of hydrogen-bond acceptors (Lipinski definition) is 1. The summed E-state index contributed by atoms with van der Waals surface area (Å²) in [6.07, 6.45) is 2.24. The average molecular weight is 174 g/mol. The summed E-state index contributed by atoms with van der Waals surface area (Å²) >= 11 is 0. The summed E-state index contributed by atoms with van der Waals surface area (Å²) in [6.45, 7) is 1.85. The Kier molecular flexibility index (Phi) is 2.05. The summed E-state index contributed by atoms with van der Waals surface area (Å²) in [5.74, 6) is 0.682. The van der Waals surface area contributed by atoms with Gasteiger partial charge < -0.3 is 5.73 Å². The molecule has 0 bridgehead atoms. The highest BCUT2D eigenvalue weighted by Crippen LogP contribution is 2.33. The van der Waals surface area contributed by atoms with Crippen molar-refractivity contribution < 1.29 is 0 Å². The predicted molar refractivity (Wildman–Crippen MR) is 54.8 cm³/mol. The van der Waals surface area contributed by atoms with Crippen molar-refractivity contribution in [2.75, 3.05) is 0 Å². The van der Waals surface area contributed by atoms with E-state index in [0.717, 1.165) is 12.8 Å². The van der Waals surface area contributed by atoms with Crippen molar-refractivity contribution in [1.82, 2.24) is 0 Å². The van der Waals surface area contributed by atoms with Crippen molar-refractivity contribution in [3.63, 3.8) is 0 Å². The molecule has 2 nitrogen and oxygen atoms in total. The minimum atomic E-state index is 0.307. The van der Waals surface area contributed by atoms with Gasteiger partial charge in [0.25, 0.3) is 0 Å². The number of fused-ring (bicyclic) bond motifs is 1. The van der Waals surface area contributed by atoms with Crippen molar-refractivity contribution >= 4 is 5.84 Å². The molecule has 0 aliphatic heterocycles. The Bertz CT molecular complexity index is 338. The van der Waals surface area contributed by atoms with Gasteiger partial charge in [-0.2, -0.15) is 0 Å². The molecule has 1 atom stereocenters. The average Bonchev–Trinajstić information content (AvgIpc) is 2.48. The van der Waals surface area contributed by atoms with Gasteiger partial charge in [0.2, 0.25) is 0 Å². The molecule has 1 unspecified atom stereocenters. The fourth-order valence-electron chi connectivity index (χ4n) is 1.91. The molecular weight excluding hydrogens is 160 g/mol. The van der Waals surface area contributed by atoms with E-state index in [-0.39, 0.29) is 0 Å². The molecule has 2 rings (SSSR count). The maximum Gasteiger partial charge on any atom is 0.0913 e. The van der Waals surface area contributed by atoms with Gasteiger partial charge in [-0.15, -0.1) is 0 Å². The van der Waals surface area contributed by atoms with E-state index in [1.807, 2.05) is 6.92 Å². The molecule has 0 fully saturated rings. The second-order valence-corrected chi connectivity index (χ2v) is 3.52. The van der Waals surface area contributed by atoms with Crippen molar-refractivity contribution in [3.8, 4) is 0 Å². The van der Waals surface area contributed by atoms with E-state index in [0.29, 0.717) is 11.9 Å². The molecule has 0 aromatic heterocycles. The van der Waals surface area contributed by atoms with E-state index in [2.05, 4.69) is 29.3 Å². The zero-order valence-corrected chi connectivity index (χ0v) is 7.83. The first-order valence-corrected chi connectivity index (χ1v) is 4.65. The Morgan fingerprint density at radius 2 is 2.23 bits per heavy atom. The Morgan fingerprint density at radius 1 is 1.46 bits per heavy atom. The molecule has 1 aromatic carbocycles. The summed E-state index contributed by atoms with van der Waals surface area (Å²) in [4.78, 5) is 4.41. The van der Waals surface area contributed by atoms with Gasteiger partial charge in [0.15, 0.2) is 0 Å². The lowest BCUT2D eigenvalue weighted by Gasteiger charge is -2.05. The summed E-state index contributed by atoms with van der Waals surface area (Å²) in [5, 5.41) is 0. The maximum atomic E-state index is 5.58. The van der Waals surface area contributed by atoms with E-state index in [1.165, 1.54) is 11.1 Å². The highest BCUT2D eigenvalue weighted by atomic mass is 14.9. The Hall–Kier alpha value is -1.31. The van der Waals surface area contributed by atoms with Crippen molar-refractivity contribution in [2.45, 2.75) is 25.8 Å². The Labute approximate surface area is 78.5 Å². The van der Waals surface area contributed by atoms with Crippen LogP contribution in [-0.2, 0) is 6.42 Å². The maximum absolute atomic E-state index is 5.58. The van der Waals surface area contributed by atoms with Crippen LogP contribution in [0.1, 0.15) is 30.5 Å². The first-order chi connectivity index (χ1) is 6.27. The number of nitrogens with zero attached hydrogens (tertiary/aromatic N) is 1. The van der Waals surface area contributed by atoms with E-state index in [4.69, 9.17) is 5.73 Å². The predicted octanol–water partition coefficient (Wildman–Crippen LogP) is 2.05. The van der Waals surface area contributed by atoms with Gasteiger partial charge >= 0.3 is 0 Å². The lowest BCUT2D eigenvalue weighted by atomic mass is 10.1. The highest BCUT2D eigenvalue weighted by Gasteiger charge is 2.20. The Balaban J connectivity index is 2.33. The standard InChI is InChI=1S/C11H14N2/c1-8(12)13-11-7-6-9-4-2-3-5-10(9)11/h2-5,11H,6-7H2,1H3,(H2,12,13). The monoisotopic (exact) mass is 174 g/mol. The van der Waals surface area contributed by atoms with Gasteiger partial charge in [-0.1, -0.05) is 24.3 Å². The van der Waals surface area contributed by atoms with Gasteiger partial charge in [-0.25, -0.2) is 0 Å². The normalized spacial score (nSPS) is 21.6. The van der Waals surface area contributed by atoms with Gasteiger partial charge in [-0.3, -0.25) is 4.99 Å². The molecule has 1 aromatic rings. The molecule has 13 heavy (non-hydrogen) atoms. The molecule has 0 saturated heterocycles. The van der Waals surface area contributed by atoms with Crippen LogP contribution in [0.15, 0.2) is 29.3 Å². The van der Waals surface area contributed by atoms with Gasteiger partial charge in [0.05, 0.1) is 11.9 Å². The minimum absolute atomic E-state index is 0.307. The first-order valence-electron chi connectivity index (χ1n) is 4.65. The van der Waals surface area contributed by atoms with Crippen LogP contribution in [0, 0.1) is 0 Å². The summed E-state index contributed by atoms with van der Waals surface area (Å²) in [7, 11) is 0. The molecule has 2 heteroatoms. The summed E-state index contributed by atoms with van der Waals surface area (Å²) in [5.41, 5.74) is 8.36. The number of hydrogen-bond donors (Lipinski definition) is 1. The second-order valence-electron chi connectivity index (χ2n) is 3.52. The van der Waals surface area contributed by atoms with Crippen molar-refractivity contribution in [2.24, 2.45) is 10.7 Å².